The summed E-state index contributed by atoms with van der Waals surface area (Å²) in [6.45, 7) is 8.22. The molecule has 0 atom stereocenters. The maximum atomic E-state index is 12.5. The molecule has 3 aromatic rings. The van der Waals surface area contributed by atoms with E-state index < -0.39 is 0 Å². The highest BCUT2D eigenvalue weighted by Crippen LogP contribution is 2.25. The van der Waals surface area contributed by atoms with Crippen LogP contribution in [0, 0.1) is 0 Å². The number of likely N-dealkylation sites (tertiary alicyclic amines) is 1. The molecule has 1 fully saturated rings. The molecule has 1 aliphatic rings. The summed E-state index contributed by atoms with van der Waals surface area (Å²) in [6, 6.07) is 10.8. The van der Waals surface area contributed by atoms with Gasteiger partial charge in [0.1, 0.15) is 0 Å². The average Bonchev–Trinajstić information content (AvgIpc) is 3.26. The number of nitrogens with zero attached hydrogens (tertiary/aromatic N) is 6. The van der Waals surface area contributed by atoms with Crippen molar-refractivity contribution >= 4 is 16.8 Å². The first-order valence-electron chi connectivity index (χ1n) is 10.5. The number of hydrogen-bond acceptors (Lipinski definition) is 5. The predicted octanol–water partition coefficient (Wildman–Crippen LogP) is 3.15. The van der Waals surface area contributed by atoms with E-state index in [9.17, 15) is 4.79 Å². The Labute approximate surface area is 171 Å². The minimum atomic E-state index is -0.0397. The molecule has 0 N–H and O–H groups in total. The molecule has 1 aromatic carbocycles. The average molecular weight is 393 g/mol. The van der Waals surface area contributed by atoms with Gasteiger partial charge in [-0.05, 0) is 38.3 Å². The summed E-state index contributed by atoms with van der Waals surface area (Å²) in [5, 5.41) is 9.57. The Morgan fingerprint density at radius 3 is 2.66 bits per heavy atom. The molecule has 2 aromatic heterocycles. The van der Waals surface area contributed by atoms with Crippen molar-refractivity contribution in [3.63, 3.8) is 0 Å². The van der Waals surface area contributed by atoms with Crippen molar-refractivity contribution in [2.75, 3.05) is 26.2 Å². The van der Waals surface area contributed by atoms with Crippen LogP contribution >= 0.6 is 0 Å². The minimum absolute atomic E-state index is 0.0397. The molecule has 0 unspecified atom stereocenters. The first-order chi connectivity index (χ1) is 14.2. The minimum Gasteiger partial charge on any atom is -0.338 e. The predicted molar refractivity (Wildman–Crippen MR) is 113 cm³/mol. The Hall–Kier alpha value is -2.80. The second-order valence-corrected chi connectivity index (χ2v) is 7.56. The fraction of sp³-hybridized carbons (Fsp3) is 0.455. The van der Waals surface area contributed by atoms with E-state index in [2.05, 4.69) is 44.5 Å². The topological polar surface area (TPSA) is 67.2 Å². The fourth-order valence-corrected chi connectivity index (χ4v) is 4.10. The first kappa shape index (κ1) is 19.5. The third-order valence-electron chi connectivity index (χ3n) is 5.82. The van der Waals surface area contributed by atoms with E-state index >= 15 is 0 Å². The quantitative estimate of drug-likeness (QED) is 0.645. The van der Waals surface area contributed by atoms with Gasteiger partial charge in [0.2, 0.25) is 0 Å². The van der Waals surface area contributed by atoms with Crippen LogP contribution in [0.15, 0.2) is 42.7 Å². The Morgan fingerprint density at radius 2 is 1.90 bits per heavy atom. The van der Waals surface area contributed by atoms with Crippen molar-refractivity contribution in [3.05, 3.63) is 54.0 Å². The summed E-state index contributed by atoms with van der Waals surface area (Å²) < 4.78 is 1.88. The number of carbonyl (C=O) groups is 1. The van der Waals surface area contributed by atoms with Crippen molar-refractivity contribution in [1.29, 1.82) is 0 Å². The van der Waals surface area contributed by atoms with Crippen molar-refractivity contribution in [1.82, 2.24) is 29.8 Å². The van der Waals surface area contributed by atoms with Crippen molar-refractivity contribution in [3.8, 4) is 0 Å². The van der Waals surface area contributed by atoms with Crippen LogP contribution in [-0.4, -0.2) is 61.9 Å². The normalized spacial score (nSPS) is 15.7. The third kappa shape index (κ3) is 4.15. The van der Waals surface area contributed by atoms with Crippen LogP contribution in [0.4, 0.5) is 0 Å². The fourth-order valence-electron chi connectivity index (χ4n) is 4.10. The molecule has 1 amide bonds. The van der Waals surface area contributed by atoms with E-state index in [1.807, 2.05) is 37.0 Å². The van der Waals surface area contributed by atoms with Crippen LogP contribution in [0.2, 0.25) is 0 Å². The van der Waals surface area contributed by atoms with Gasteiger partial charge in [0.05, 0.1) is 17.8 Å². The van der Waals surface area contributed by atoms with Crippen molar-refractivity contribution in [2.45, 2.75) is 39.3 Å². The molecule has 0 radical (unpaired) electrons. The highest BCUT2D eigenvalue weighted by Gasteiger charge is 2.24. The van der Waals surface area contributed by atoms with Gasteiger partial charge in [-0.1, -0.05) is 29.5 Å². The Kier molecular flexibility index (Phi) is 5.85. The van der Waals surface area contributed by atoms with Gasteiger partial charge in [-0.3, -0.25) is 14.7 Å². The lowest BCUT2D eigenvalue weighted by molar-refractivity contribution is 0.0767. The maximum absolute atomic E-state index is 12.5. The highest BCUT2D eigenvalue weighted by atomic mass is 16.2. The monoisotopic (exact) mass is 392 g/mol. The lowest BCUT2D eigenvalue weighted by atomic mass is 10.0. The number of rotatable bonds is 6. The van der Waals surface area contributed by atoms with E-state index in [0.29, 0.717) is 24.8 Å². The maximum Gasteiger partial charge on any atom is 0.276 e. The van der Waals surface area contributed by atoms with Gasteiger partial charge in [-0.25, -0.2) is 4.68 Å². The molecule has 1 saturated heterocycles. The van der Waals surface area contributed by atoms with Crippen molar-refractivity contribution < 1.29 is 4.79 Å². The number of piperidine rings is 1. The van der Waals surface area contributed by atoms with Crippen LogP contribution in [0.25, 0.3) is 10.9 Å². The second-order valence-electron chi connectivity index (χ2n) is 7.56. The Morgan fingerprint density at radius 1 is 1.14 bits per heavy atom. The Bertz CT molecular complexity index is 967. The number of fused-ring (bicyclic) bond motifs is 1. The zero-order chi connectivity index (χ0) is 20.2. The van der Waals surface area contributed by atoms with Crippen LogP contribution in [-0.2, 0) is 6.54 Å². The highest BCUT2D eigenvalue weighted by molar-refractivity contribution is 5.91. The van der Waals surface area contributed by atoms with Crippen molar-refractivity contribution in [2.24, 2.45) is 0 Å². The molecule has 29 heavy (non-hydrogen) atoms. The summed E-state index contributed by atoms with van der Waals surface area (Å²) in [4.78, 5) is 21.3. The standard InChI is InChI=1S/C22H28N6O/c1-3-27(4-2)22(29)20-16-28(25-24-20)19-10-13-26(14-11-19)15-18-8-5-7-17-9-6-12-23-21(17)18/h5-9,12,16,19H,3-4,10-11,13-15H2,1-2H3. The Balaban J connectivity index is 1.38. The molecule has 7 heteroatoms. The lowest BCUT2D eigenvalue weighted by Crippen LogP contribution is -2.34. The number of para-hydroxylation sites is 1. The van der Waals surface area contributed by atoms with Gasteiger partial charge >= 0.3 is 0 Å². The number of pyridine rings is 1. The number of amides is 1. The van der Waals surface area contributed by atoms with Gasteiger partial charge < -0.3 is 4.90 Å². The molecule has 0 aliphatic carbocycles. The van der Waals surface area contributed by atoms with Gasteiger partial charge in [0, 0.05) is 44.3 Å². The lowest BCUT2D eigenvalue weighted by Gasteiger charge is -2.31. The molecule has 0 spiro atoms. The summed E-state index contributed by atoms with van der Waals surface area (Å²) in [7, 11) is 0. The third-order valence-corrected chi connectivity index (χ3v) is 5.82. The summed E-state index contributed by atoms with van der Waals surface area (Å²) >= 11 is 0. The van der Waals surface area contributed by atoms with Crippen LogP contribution in [0.1, 0.15) is 48.8 Å². The van der Waals surface area contributed by atoms with Gasteiger partial charge in [-0.2, -0.15) is 0 Å². The summed E-state index contributed by atoms with van der Waals surface area (Å²) in [5.74, 6) is -0.0397. The van der Waals surface area contributed by atoms with Gasteiger partial charge in [-0.15, -0.1) is 5.10 Å². The first-order valence-corrected chi connectivity index (χ1v) is 10.5. The number of hydrogen-bond donors (Lipinski definition) is 0. The number of carbonyl (C=O) groups excluding carboxylic acids is 1. The summed E-state index contributed by atoms with van der Waals surface area (Å²) in [5.41, 5.74) is 2.81. The largest absolute Gasteiger partial charge is 0.338 e. The SMILES string of the molecule is CCN(CC)C(=O)c1cn(C2CCN(Cc3cccc4cccnc34)CC2)nn1. The van der Waals surface area contributed by atoms with E-state index in [1.54, 1.807) is 4.90 Å². The zero-order valence-electron chi connectivity index (χ0n) is 17.2. The van der Waals surface area contributed by atoms with Crippen LogP contribution in [0.5, 0.6) is 0 Å². The zero-order valence-corrected chi connectivity index (χ0v) is 17.2. The van der Waals surface area contributed by atoms with E-state index in [-0.39, 0.29) is 5.91 Å². The second kappa shape index (κ2) is 8.69. The molecular weight excluding hydrogens is 364 g/mol. The molecule has 0 saturated carbocycles. The van der Waals surface area contributed by atoms with Crippen LogP contribution in [0.3, 0.4) is 0 Å². The summed E-state index contributed by atoms with van der Waals surface area (Å²) in [6.07, 6.45) is 5.68. The van der Waals surface area contributed by atoms with Crippen LogP contribution < -0.4 is 0 Å². The van der Waals surface area contributed by atoms with Gasteiger partial charge in [0.25, 0.3) is 5.91 Å². The number of benzene rings is 1. The molecule has 152 valence electrons. The number of aromatic nitrogens is 4. The molecule has 7 nitrogen and oxygen atoms in total. The van der Waals surface area contributed by atoms with E-state index in [0.717, 1.165) is 38.0 Å². The molecule has 0 bridgehead atoms. The smallest absolute Gasteiger partial charge is 0.276 e. The molecular formula is C22H28N6O. The van der Waals surface area contributed by atoms with Gasteiger partial charge in [0.15, 0.2) is 5.69 Å². The molecule has 1 aliphatic heterocycles. The molecule has 3 heterocycles. The van der Waals surface area contributed by atoms with E-state index in [1.165, 1.54) is 10.9 Å². The van der Waals surface area contributed by atoms with E-state index in [4.69, 9.17) is 0 Å². The molecule has 4 rings (SSSR count).